The second-order valence-corrected chi connectivity index (χ2v) is 4.46. The first-order valence-corrected chi connectivity index (χ1v) is 6.34. The van der Waals surface area contributed by atoms with E-state index in [-0.39, 0.29) is 57.3 Å². The molecule has 2 N–H and O–H groups in total. The number of hydrogen-bond donors (Lipinski definition) is 2. The van der Waals surface area contributed by atoms with Crippen LogP contribution in [-0.2, 0) is 9.59 Å². The summed E-state index contributed by atoms with van der Waals surface area (Å²) >= 11 is 0. The third-order valence-corrected chi connectivity index (χ3v) is 2.41. The summed E-state index contributed by atoms with van der Waals surface area (Å²) in [5.41, 5.74) is 0. The van der Waals surface area contributed by atoms with E-state index in [4.69, 9.17) is 10.2 Å². The Morgan fingerprint density at radius 3 is 1.33 bits per heavy atom. The van der Waals surface area contributed by atoms with Crippen LogP contribution in [0, 0.1) is 11.8 Å². The molecule has 0 unspecified atom stereocenters. The van der Waals surface area contributed by atoms with Crippen LogP contribution < -0.4 is 0 Å². The van der Waals surface area contributed by atoms with Gasteiger partial charge in [0.15, 0.2) is 5.92 Å². The number of hydrogen-bond acceptors (Lipinski definition) is 2. The van der Waals surface area contributed by atoms with Crippen LogP contribution in [0.5, 0.6) is 0 Å². The molecule has 0 atom stereocenters. The van der Waals surface area contributed by atoms with Crippen LogP contribution in [0.2, 0.25) is 0 Å². The fourth-order valence-corrected chi connectivity index (χ4v) is 1.35. The van der Waals surface area contributed by atoms with Gasteiger partial charge in [0.2, 0.25) is 0 Å². The molecule has 0 saturated carbocycles. The maximum absolute atomic E-state index is 10.2. The molecule has 0 saturated heterocycles. The van der Waals surface area contributed by atoms with Gasteiger partial charge in [-0.25, -0.2) is 0 Å². The molecule has 4 nitrogen and oxygen atoms in total. The van der Waals surface area contributed by atoms with E-state index >= 15 is 0 Å². The zero-order valence-electron chi connectivity index (χ0n) is 11.4. The number of carbonyl (C=O) groups is 2. The molecule has 104 valence electrons. The zero-order valence-corrected chi connectivity index (χ0v) is 11.4. The summed E-state index contributed by atoms with van der Waals surface area (Å²) < 4.78 is 0. The fraction of sp³-hybridized carbons (Fsp3) is 0.846. The monoisotopic (exact) mass is 286 g/mol. The summed E-state index contributed by atoms with van der Waals surface area (Å²) in [6.07, 6.45) is 7.01. The van der Waals surface area contributed by atoms with Crippen molar-refractivity contribution in [1.82, 2.24) is 0 Å². The Balaban J connectivity index is -0.000000251. The maximum atomic E-state index is 10.2. The van der Waals surface area contributed by atoms with E-state index in [1.54, 1.807) is 13.8 Å². The van der Waals surface area contributed by atoms with Crippen LogP contribution >= 0.6 is 0 Å². The number of rotatable bonds is 7. The minimum atomic E-state index is -1.28. The van der Waals surface area contributed by atoms with Gasteiger partial charge >= 0.3 is 63.3 Å². The van der Waals surface area contributed by atoms with Crippen LogP contribution in [0.1, 0.15) is 59.8 Å². The van der Waals surface area contributed by atoms with Gasteiger partial charge in [-0.3, -0.25) is 9.59 Å². The van der Waals surface area contributed by atoms with Crippen molar-refractivity contribution in [2.45, 2.75) is 59.8 Å². The Kier molecular flexibility index (Phi) is 20.5. The van der Waals surface area contributed by atoms with Gasteiger partial charge in [-0.05, 0) is 5.92 Å². The topological polar surface area (TPSA) is 74.6 Å². The minimum absolute atomic E-state index is 0. The van der Waals surface area contributed by atoms with Gasteiger partial charge in [-0.2, -0.15) is 0 Å². The van der Waals surface area contributed by atoms with Crippen molar-refractivity contribution >= 4 is 63.3 Å². The predicted octanol–water partition coefficient (Wildman–Crippen LogP) is 2.76. The Labute approximate surface area is 153 Å². The number of carboxylic acid groups (broad SMARTS) is 2. The van der Waals surface area contributed by atoms with Crippen molar-refractivity contribution in [2.24, 2.45) is 11.8 Å². The van der Waals surface area contributed by atoms with E-state index in [0.29, 0.717) is 0 Å². The third-order valence-electron chi connectivity index (χ3n) is 2.41. The molecule has 0 heterocycles. The van der Waals surface area contributed by atoms with Crippen LogP contribution in [0.4, 0.5) is 0 Å². The van der Waals surface area contributed by atoms with Crippen molar-refractivity contribution in [3.8, 4) is 0 Å². The molecule has 0 bridgehead atoms. The number of aliphatic carboxylic acids is 2. The van der Waals surface area contributed by atoms with E-state index in [1.807, 2.05) is 0 Å². The SMILES string of the molecule is CC(C)C(C(=O)O)C(=O)O.CCCCCCC.[KH]. The first kappa shape index (κ1) is 23.7. The molecular weight excluding hydrogens is 259 g/mol. The van der Waals surface area contributed by atoms with E-state index < -0.39 is 17.9 Å². The van der Waals surface area contributed by atoms with Gasteiger partial charge in [-0.15, -0.1) is 0 Å². The summed E-state index contributed by atoms with van der Waals surface area (Å²) in [6.45, 7) is 7.62. The zero-order chi connectivity index (χ0) is 13.8. The van der Waals surface area contributed by atoms with Crippen LogP contribution in [0.15, 0.2) is 0 Å². The summed E-state index contributed by atoms with van der Waals surface area (Å²) in [6, 6.07) is 0. The van der Waals surface area contributed by atoms with Crippen LogP contribution in [0.25, 0.3) is 0 Å². The summed E-state index contributed by atoms with van der Waals surface area (Å²) in [7, 11) is 0. The average Bonchev–Trinajstić information content (AvgIpc) is 2.17. The molecule has 0 aliphatic heterocycles. The molecule has 0 rings (SSSR count). The molecule has 0 aromatic heterocycles. The van der Waals surface area contributed by atoms with Crippen molar-refractivity contribution < 1.29 is 19.8 Å². The average molecular weight is 286 g/mol. The van der Waals surface area contributed by atoms with E-state index in [0.717, 1.165) is 0 Å². The van der Waals surface area contributed by atoms with Gasteiger partial charge in [-0.1, -0.05) is 59.8 Å². The van der Waals surface area contributed by atoms with Crippen LogP contribution in [-0.4, -0.2) is 73.5 Å². The first-order chi connectivity index (χ1) is 7.88. The Hall–Kier alpha value is 0.576. The fourth-order valence-electron chi connectivity index (χ4n) is 1.35. The predicted molar refractivity (Wildman–Crippen MR) is 75.2 cm³/mol. The summed E-state index contributed by atoms with van der Waals surface area (Å²) in [5, 5.41) is 16.7. The Morgan fingerprint density at radius 1 is 0.889 bits per heavy atom. The quantitative estimate of drug-likeness (QED) is 0.429. The Bertz CT molecular complexity index is 199. The van der Waals surface area contributed by atoms with Gasteiger partial charge in [0.1, 0.15) is 0 Å². The molecule has 18 heavy (non-hydrogen) atoms. The van der Waals surface area contributed by atoms with Crippen molar-refractivity contribution in [2.75, 3.05) is 0 Å². The second kappa shape index (κ2) is 15.6. The molecule has 0 spiro atoms. The molecule has 5 heteroatoms. The second-order valence-electron chi connectivity index (χ2n) is 4.46. The number of unbranched alkanes of at least 4 members (excludes halogenated alkanes) is 4. The standard InChI is InChI=1S/C7H16.C6H10O4.K.H/c1-3-5-7-6-4-2;1-3(2)4(5(7)8)6(9)10;;/h3-7H2,1-2H3;3-4H,1-2H3,(H,7,8)(H,9,10);;. The van der Waals surface area contributed by atoms with Crippen molar-refractivity contribution in [1.29, 1.82) is 0 Å². The van der Waals surface area contributed by atoms with Gasteiger partial charge < -0.3 is 10.2 Å². The van der Waals surface area contributed by atoms with Gasteiger partial charge in [0, 0.05) is 0 Å². The van der Waals surface area contributed by atoms with E-state index in [2.05, 4.69) is 13.8 Å². The van der Waals surface area contributed by atoms with Crippen molar-refractivity contribution in [3.05, 3.63) is 0 Å². The first-order valence-electron chi connectivity index (χ1n) is 6.34. The molecule has 0 radical (unpaired) electrons. The molecule has 0 amide bonds. The van der Waals surface area contributed by atoms with Crippen LogP contribution in [0.3, 0.4) is 0 Å². The normalized spacial score (nSPS) is 9.44. The van der Waals surface area contributed by atoms with Crippen molar-refractivity contribution in [3.63, 3.8) is 0 Å². The van der Waals surface area contributed by atoms with Gasteiger partial charge in [0.25, 0.3) is 0 Å². The van der Waals surface area contributed by atoms with Gasteiger partial charge in [0.05, 0.1) is 0 Å². The van der Waals surface area contributed by atoms with E-state index in [1.165, 1.54) is 32.1 Å². The molecule has 0 aliphatic rings. The summed E-state index contributed by atoms with van der Waals surface area (Å²) in [5.74, 6) is -4.19. The third kappa shape index (κ3) is 14.6. The summed E-state index contributed by atoms with van der Waals surface area (Å²) in [4.78, 5) is 20.4. The molecule has 0 aromatic carbocycles. The molecule has 0 aliphatic carbocycles. The molecule has 0 fully saturated rings. The molecule has 0 aromatic rings. The Morgan fingerprint density at radius 2 is 1.22 bits per heavy atom. The van der Waals surface area contributed by atoms with E-state index in [9.17, 15) is 9.59 Å². The molecular formula is C13H27KO4. The number of carboxylic acids is 2.